The minimum Gasteiger partial charge on any atom is -0.508 e. The van der Waals surface area contributed by atoms with E-state index in [-0.39, 0.29) is 17.1 Å². The van der Waals surface area contributed by atoms with E-state index >= 15 is 0 Å². The lowest BCUT2D eigenvalue weighted by molar-refractivity contribution is -0.140. The molecule has 0 bridgehead atoms. The van der Waals surface area contributed by atoms with Crippen molar-refractivity contribution in [2.45, 2.75) is 19.9 Å². The lowest BCUT2D eigenvalue weighted by atomic mass is 9.95. The second kappa shape index (κ2) is 9.87. The molecule has 2 N–H and O–H groups in total. The van der Waals surface area contributed by atoms with Crippen LogP contribution in [-0.2, 0) is 9.59 Å². The van der Waals surface area contributed by atoms with Crippen LogP contribution in [0.2, 0.25) is 0 Å². The zero-order valence-corrected chi connectivity index (χ0v) is 18.9. The topological polar surface area (TPSA) is 90.3 Å². The van der Waals surface area contributed by atoms with Crippen molar-refractivity contribution in [2.24, 2.45) is 5.92 Å². The number of hydrogen-bond acceptors (Lipinski definition) is 6. The van der Waals surface area contributed by atoms with Crippen LogP contribution in [0.25, 0.3) is 5.76 Å². The average molecular weight is 439 g/mol. The van der Waals surface area contributed by atoms with Crippen LogP contribution in [0.15, 0.2) is 54.1 Å². The number of phenolic OH excluding ortho intramolecular Hbond substituents is 1. The Labute approximate surface area is 188 Å². The first-order chi connectivity index (χ1) is 15.2. The number of hydrogen-bond donors (Lipinski definition) is 2. The van der Waals surface area contributed by atoms with Gasteiger partial charge in [-0.2, -0.15) is 0 Å². The summed E-state index contributed by atoms with van der Waals surface area (Å²) in [6.45, 7) is 5.56. The van der Waals surface area contributed by atoms with Gasteiger partial charge in [-0.1, -0.05) is 26.0 Å². The highest BCUT2D eigenvalue weighted by Gasteiger charge is 2.45. The Hall–Kier alpha value is -3.32. The number of rotatable bonds is 8. The molecule has 2 aromatic carbocycles. The molecule has 1 saturated heterocycles. The normalized spacial score (nSPS) is 18.1. The molecular weight excluding hydrogens is 408 g/mol. The molecular formula is C25H30N2O5. The fourth-order valence-electron chi connectivity index (χ4n) is 3.55. The number of likely N-dealkylation sites (N-methyl/N-ethyl adjacent to an activating group) is 1. The molecule has 2 aromatic rings. The number of ketones is 1. The van der Waals surface area contributed by atoms with Crippen molar-refractivity contribution in [3.63, 3.8) is 0 Å². The Bertz CT molecular complexity index is 994. The maximum atomic E-state index is 13.0. The van der Waals surface area contributed by atoms with Gasteiger partial charge in [-0.15, -0.1) is 0 Å². The third-order valence-electron chi connectivity index (χ3n) is 5.25. The predicted octanol–water partition coefficient (Wildman–Crippen LogP) is 3.41. The first-order valence-corrected chi connectivity index (χ1v) is 10.6. The Morgan fingerprint density at radius 2 is 1.69 bits per heavy atom. The van der Waals surface area contributed by atoms with Crippen LogP contribution in [0.5, 0.6) is 11.5 Å². The van der Waals surface area contributed by atoms with Crippen molar-refractivity contribution >= 4 is 17.4 Å². The van der Waals surface area contributed by atoms with Crippen molar-refractivity contribution in [3.05, 3.63) is 65.2 Å². The molecule has 7 heteroatoms. The van der Waals surface area contributed by atoms with Crippen LogP contribution in [0.1, 0.15) is 31.0 Å². The summed E-state index contributed by atoms with van der Waals surface area (Å²) in [5, 5.41) is 20.8. The standard InChI is InChI=1S/C25H30N2O5/c1-16(2)15-32-20-11-7-18(8-12-20)23(29)21-22(17-5-9-19(28)10-6-17)27(14-13-26(3)4)25(31)24(21)30/h5-12,16,22,28-29H,13-15H2,1-4H3/t22-/m0/s1. The summed E-state index contributed by atoms with van der Waals surface area (Å²) in [7, 11) is 3.77. The van der Waals surface area contributed by atoms with Gasteiger partial charge in [0.1, 0.15) is 17.3 Å². The summed E-state index contributed by atoms with van der Waals surface area (Å²) in [6.07, 6.45) is 0. The van der Waals surface area contributed by atoms with E-state index in [1.165, 1.54) is 17.0 Å². The van der Waals surface area contributed by atoms with Crippen LogP contribution >= 0.6 is 0 Å². The molecule has 0 saturated carbocycles. The number of benzene rings is 2. The quantitative estimate of drug-likeness (QED) is 0.373. The van der Waals surface area contributed by atoms with Gasteiger partial charge in [0.2, 0.25) is 0 Å². The Morgan fingerprint density at radius 3 is 2.25 bits per heavy atom. The third-order valence-corrected chi connectivity index (χ3v) is 5.25. The maximum absolute atomic E-state index is 13.0. The van der Waals surface area contributed by atoms with E-state index in [1.54, 1.807) is 36.4 Å². The second-order valence-electron chi connectivity index (χ2n) is 8.62. The number of amides is 1. The highest BCUT2D eigenvalue weighted by molar-refractivity contribution is 6.46. The number of aromatic hydroxyl groups is 1. The molecule has 0 unspecified atom stereocenters. The number of phenols is 1. The van der Waals surface area contributed by atoms with E-state index in [1.807, 2.05) is 19.0 Å². The summed E-state index contributed by atoms with van der Waals surface area (Å²) >= 11 is 0. The summed E-state index contributed by atoms with van der Waals surface area (Å²) < 4.78 is 5.68. The molecule has 0 spiro atoms. The smallest absolute Gasteiger partial charge is 0.295 e. The zero-order valence-electron chi connectivity index (χ0n) is 18.9. The van der Waals surface area contributed by atoms with Crippen molar-refractivity contribution in [1.82, 2.24) is 9.80 Å². The fraction of sp³-hybridized carbons (Fsp3) is 0.360. The maximum Gasteiger partial charge on any atom is 0.295 e. The van der Waals surface area contributed by atoms with Gasteiger partial charge >= 0.3 is 0 Å². The minimum absolute atomic E-state index is 0.0373. The number of nitrogens with zero attached hydrogens (tertiary/aromatic N) is 2. The van der Waals surface area contributed by atoms with Gasteiger partial charge in [-0.05, 0) is 62.0 Å². The van der Waals surface area contributed by atoms with E-state index in [0.29, 0.717) is 42.5 Å². The number of likely N-dealkylation sites (tertiary alicyclic amines) is 1. The number of aliphatic hydroxyl groups excluding tert-OH is 1. The molecule has 0 radical (unpaired) electrons. The van der Waals surface area contributed by atoms with Crippen LogP contribution in [0, 0.1) is 5.92 Å². The monoisotopic (exact) mass is 438 g/mol. The molecule has 1 aliphatic rings. The molecule has 1 atom stereocenters. The highest BCUT2D eigenvalue weighted by atomic mass is 16.5. The van der Waals surface area contributed by atoms with Gasteiger partial charge in [0.05, 0.1) is 18.2 Å². The fourth-order valence-corrected chi connectivity index (χ4v) is 3.55. The lowest BCUT2D eigenvalue weighted by Crippen LogP contribution is -2.35. The zero-order chi connectivity index (χ0) is 23.4. The summed E-state index contributed by atoms with van der Waals surface area (Å²) in [5.74, 6) is -0.480. The minimum atomic E-state index is -0.743. The van der Waals surface area contributed by atoms with E-state index in [2.05, 4.69) is 13.8 Å². The van der Waals surface area contributed by atoms with E-state index in [4.69, 9.17) is 4.74 Å². The van der Waals surface area contributed by atoms with E-state index in [9.17, 15) is 19.8 Å². The van der Waals surface area contributed by atoms with Crippen molar-refractivity contribution in [2.75, 3.05) is 33.8 Å². The summed E-state index contributed by atoms with van der Waals surface area (Å²) in [5.41, 5.74) is 1.10. The molecule has 0 aromatic heterocycles. The van der Waals surface area contributed by atoms with Gasteiger partial charge in [-0.25, -0.2) is 0 Å². The van der Waals surface area contributed by atoms with E-state index < -0.39 is 17.7 Å². The number of carbonyl (C=O) groups excluding carboxylic acids is 2. The molecule has 1 amide bonds. The first-order valence-electron chi connectivity index (χ1n) is 10.6. The highest BCUT2D eigenvalue weighted by Crippen LogP contribution is 2.39. The van der Waals surface area contributed by atoms with Crippen molar-refractivity contribution in [3.8, 4) is 11.5 Å². The molecule has 7 nitrogen and oxygen atoms in total. The molecule has 1 fully saturated rings. The van der Waals surface area contributed by atoms with Gasteiger partial charge < -0.3 is 24.7 Å². The predicted molar refractivity (Wildman–Crippen MR) is 122 cm³/mol. The van der Waals surface area contributed by atoms with Gasteiger partial charge in [0, 0.05) is 18.7 Å². The molecule has 3 rings (SSSR count). The number of ether oxygens (including phenoxy) is 1. The summed E-state index contributed by atoms with van der Waals surface area (Å²) in [6, 6.07) is 12.4. The Balaban J connectivity index is 2.02. The van der Waals surface area contributed by atoms with E-state index in [0.717, 1.165) is 0 Å². The molecule has 32 heavy (non-hydrogen) atoms. The number of carbonyl (C=O) groups is 2. The molecule has 170 valence electrons. The third kappa shape index (κ3) is 5.11. The summed E-state index contributed by atoms with van der Waals surface area (Å²) in [4.78, 5) is 29.2. The van der Waals surface area contributed by atoms with Crippen LogP contribution < -0.4 is 4.74 Å². The average Bonchev–Trinajstić information content (AvgIpc) is 3.01. The molecule has 1 aliphatic heterocycles. The van der Waals surface area contributed by atoms with Crippen LogP contribution in [0.3, 0.4) is 0 Å². The van der Waals surface area contributed by atoms with Crippen LogP contribution in [-0.4, -0.2) is 65.5 Å². The van der Waals surface area contributed by atoms with Crippen molar-refractivity contribution < 1.29 is 24.5 Å². The Kier molecular flexibility index (Phi) is 7.20. The van der Waals surface area contributed by atoms with Crippen LogP contribution in [0.4, 0.5) is 0 Å². The molecule has 0 aliphatic carbocycles. The van der Waals surface area contributed by atoms with Crippen molar-refractivity contribution in [1.29, 1.82) is 0 Å². The molecule has 1 heterocycles. The first kappa shape index (κ1) is 23.3. The van der Waals surface area contributed by atoms with Gasteiger partial charge in [-0.3, -0.25) is 9.59 Å². The lowest BCUT2D eigenvalue weighted by Gasteiger charge is -2.26. The second-order valence-corrected chi connectivity index (χ2v) is 8.62. The Morgan fingerprint density at radius 1 is 1.06 bits per heavy atom. The van der Waals surface area contributed by atoms with Gasteiger partial charge in [0.25, 0.3) is 11.7 Å². The SMILES string of the molecule is CC(C)COc1ccc(C(O)=C2C(=O)C(=O)N(CCN(C)C)[C@H]2c2ccc(O)cc2)cc1. The largest absolute Gasteiger partial charge is 0.508 e. The number of aliphatic hydroxyl groups is 1. The van der Waals surface area contributed by atoms with Gasteiger partial charge in [0.15, 0.2) is 0 Å². The number of Topliss-reactive ketones (excluding diaryl/α,β-unsaturated/α-hetero) is 1.